The van der Waals surface area contributed by atoms with Gasteiger partial charge in [0.15, 0.2) is 0 Å². The van der Waals surface area contributed by atoms with E-state index in [0.717, 1.165) is 19.3 Å². The van der Waals surface area contributed by atoms with Gasteiger partial charge in [-0.1, -0.05) is 47.0 Å². The molecule has 1 unspecified atom stereocenters. The smallest absolute Gasteiger partial charge is 0.315 e. The lowest BCUT2D eigenvalue weighted by Crippen LogP contribution is -2.49. The molecule has 5 nitrogen and oxygen atoms in total. The molecule has 2 amide bonds. The van der Waals surface area contributed by atoms with E-state index in [4.69, 9.17) is 5.11 Å². The van der Waals surface area contributed by atoms with Crippen molar-refractivity contribution in [2.45, 2.75) is 65.8 Å². The van der Waals surface area contributed by atoms with Gasteiger partial charge in [0.25, 0.3) is 0 Å². The fourth-order valence-corrected chi connectivity index (χ4v) is 1.71. The number of carbonyl (C=O) groups excluding carboxylic acids is 1. The van der Waals surface area contributed by atoms with Crippen LogP contribution in [-0.2, 0) is 4.79 Å². The second-order valence-corrected chi connectivity index (χ2v) is 5.98. The predicted molar refractivity (Wildman–Crippen MR) is 76.2 cm³/mol. The number of carboxylic acid groups (broad SMARTS) is 1. The van der Waals surface area contributed by atoms with Crippen LogP contribution in [0.2, 0.25) is 0 Å². The standard InChI is InChI=1S/C14H28N2O3/c1-5-6-7-8-9-15-13(19)16-11(10-12(17)18)14(2,3)4/h11H,5-10H2,1-4H3,(H,17,18)(H2,15,16,19). The van der Waals surface area contributed by atoms with Crippen LogP contribution in [0.25, 0.3) is 0 Å². The Hall–Kier alpha value is -1.26. The fraction of sp³-hybridized carbons (Fsp3) is 0.857. The molecule has 0 radical (unpaired) electrons. The van der Waals surface area contributed by atoms with Crippen LogP contribution >= 0.6 is 0 Å². The van der Waals surface area contributed by atoms with E-state index in [-0.39, 0.29) is 23.9 Å². The number of urea groups is 1. The number of carboxylic acids is 1. The highest BCUT2D eigenvalue weighted by atomic mass is 16.4. The minimum absolute atomic E-state index is 0.0627. The van der Waals surface area contributed by atoms with Crippen molar-refractivity contribution >= 4 is 12.0 Å². The van der Waals surface area contributed by atoms with Gasteiger partial charge in [-0.15, -0.1) is 0 Å². The molecule has 0 rings (SSSR count). The maximum Gasteiger partial charge on any atom is 0.315 e. The van der Waals surface area contributed by atoms with Crippen molar-refractivity contribution in [1.29, 1.82) is 0 Å². The first-order valence-electron chi connectivity index (χ1n) is 7.03. The van der Waals surface area contributed by atoms with E-state index in [0.29, 0.717) is 6.54 Å². The number of hydrogen-bond acceptors (Lipinski definition) is 2. The largest absolute Gasteiger partial charge is 0.481 e. The number of nitrogens with one attached hydrogen (secondary N) is 2. The molecule has 0 spiro atoms. The van der Waals surface area contributed by atoms with Crippen LogP contribution in [0.1, 0.15) is 59.8 Å². The van der Waals surface area contributed by atoms with E-state index >= 15 is 0 Å². The summed E-state index contributed by atoms with van der Waals surface area (Å²) in [7, 11) is 0. The van der Waals surface area contributed by atoms with E-state index < -0.39 is 5.97 Å². The van der Waals surface area contributed by atoms with Crippen LogP contribution in [0, 0.1) is 5.41 Å². The van der Waals surface area contributed by atoms with Crippen molar-refractivity contribution in [2.75, 3.05) is 6.54 Å². The Kier molecular flexibility index (Phi) is 8.19. The van der Waals surface area contributed by atoms with Gasteiger partial charge < -0.3 is 15.7 Å². The van der Waals surface area contributed by atoms with Crippen molar-refractivity contribution in [3.05, 3.63) is 0 Å². The molecule has 112 valence electrons. The van der Waals surface area contributed by atoms with Crippen molar-refractivity contribution in [1.82, 2.24) is 10.6 Å². The normalized spacial score (nSPS) is 12.8. The highest BCUT2D eigenvalue weighted by molar-refractivity contribution is 5.75. The van der Waals surface area contributed by atoms with Crippen LogP contribution in [0.5, 0.6) is 0 Å². The van der Waals surface area contributed by atoms with E-state index in [1.165, 1.54) is 6.42 Å². The van der Waals surface area contributed by atoms with Gasteiger partial charge in [-0.2, -0.15) is 0 Å². The number of rotatable bonds is 8. The molecule has 0 aromatic carbocycles. The number of amides is 2. The Morgan fingerprint density at radius 1 is 1.16 bits per heavy atom. The number of carbonyl (C=O) groups is 2. The van der Waals surface area contributed by atoms with Gasteiger partial charge in [0, 0.05) is 12.6 Å². The molecule has 0 aromatic rings. The second kappa shape index (κ2) is 8.77. The van der Waals surface area contributed by atoms with Crippen LogP contribution in [0.3, 0.4) is 0 Å². The van der Waals surface area contributed by atoms with Gasteiger partial charge in [-0.3, -0.25) is 4.79 Å². The zero-order valence-electron chi connectivity index (χ0n) is 12.6. The summed E-state index contributed by atoms with van der Waals surface area (Å²) in [5.74, 6) is -0.900. The van der Waals surface area contributed by atoms with Crippen LogP contribution in [0.4, 0.5) is 4.79 Å². The number of unbranched alkanes of at least 4 members (excludes halogenated alkanes) is 3. The first-order chi connectivity index (χ1) is 8.77. The summed E-state index contributed by atoms with van der Waals surface area (Å²) in [6.07, 6.45) is 4.34. The average Bonchev–Trinajstić information content (AvgIpc) is 2.26. The molecule has 0 bridgehead atoms. The van der Waals surface area contributed by atoms with Gasteiger partial charge >= 0.3 is 12.0 Å². The SMILES string of the molecule is CCCCCCNC(=O)NC(CC(=O)O)C(C)(C)C. The van der Waals surface area contributed by atoms with Crippen LogP contribution < -0.4 is 10.6 Å². The zero-order valence-corrected chi connectivity index (χ0v) is 12.6. The molecule has 5 heteroatoms. The van der Waals surface area contributed by atoms with Crippen molar-refractivity contribution in [2.24, 2.45) is 5.41 Å². The highest BCUT2D eigenvalue weighted by Crippen LogP contribution is 2.21. The van der Waals surface area contributed by atoms with Crippen LogP contribution in [-0.4, -0.2) is 29.7 Å². The molecule has 0 saturated heterocycles. The Labute approximate surface area is 116 Å². The third-order valence-corrected chi connectivity index (χ3v) is 3.05. The highest BCUT2D eigenvalue weighted by Gasteiger charge is 2.28. The Balaban J connectivity index is 4.07. The van der Waals surface area contributed by atoms with E-state index in [2.05, 4.69) is 17.6 Å². The topological polar surface area (TPSA) is 78.4 Å². The third kappa shape index (κ3) is 9.33. The summed E-state index contributed by atoms with van der Waals surface area (Å²) < 4.78 is 0. The molecule has 0 aliphatic heterocycles. The summed E-state index contributed by atoms with van der Waals surface area (Å²) in [6.45, 7) is 8.53. The van der Waals surface area contributed by atoms with E-state index in [1.807, 2.05) is 20.8 Å². The summed E-state index contributed by atoms with van der Waals surface area (Å²) in [4.78, 5) is 22.5. The minimum Gasteiger partial charge on any atom is -0.481 e. The molecule has 0 heterocycles. The number of hydrogen-bond donors (Lipinski definition) is 3. The molecule has 0 aliphatic carbocycles. The van der Waals surface area contributed by atoms with Crippen LogP contribution in [0.15, 0.2) is 0 Å². The van der Waals surface area contributed by atoms with Crippen molar-refractivity contribution in [3.63, 3.8) is 0 Å². The molecular weight excluding hydrogens is 244 g/mol. The molecule has 3 N–H and O–H groups in total. The van der Waals surface area contributed by atoms with Crippen molar-refractivity contribution < 1.29 is 14.7 Å². The lowest BCUT2D eigenvalue weighted by atomic mass is 9.85. The first-order valence-corrected chi connectivity index (χ1v) is 7.03. The third-order valence-electron chi connectivity index (χ3n) is 3.05. The van der Waals surface area contributed by atoms with Gasteiger partial charge in [0.1, 0.15) is 0 Å². The molecule has 0 saturated carbocycles. The Morgan fingerprint density at radius 3 is 2.26 bits per heavy atom. The zero-order chi connectivity index (χ0) is 14.9. The molecule has 0 fully saturated rings. The lowest BCUT2D eigenvalue weighted by Gasteiger charge is -2.30. The second-order valence-electron chi connectivity index (χ2n) is 5.98. The Bertz CT molecular complexity index is 285. The average molecular weight is 272 g/mol. The number of aliphatic carboxylic acids is 1. The lowest BCUT2D eigenvalue weighted by molar-refractivity contribution is -0.138. The predicted octanol–water partition coefficient (Wildman–Crippen LogP) is 2.76. The van der Waals surface area contributed by atoms with E-state index in [9.17, 15) is 9.59 Å². The van der Waals surface area contributed by atoms with Crippen molar-refractivity contribution in [3.8, 4) is 0 Å². The summed E-state index contributed by atoms with van der Waals surface area (Å²) >= 11 is 0. The quantitative estimate of drug-likeness (QED) is 0.594. The fourth-order valence-electron chi connectivity index (χ4n) is 1.71. The van der Waals surface area contributed by atoms with E-state index in [1.54, 1.807) is 0 Å². The molecule has 1 atom stereocenters. The molecule has 19 heavy (non-hydrogen) atoms. The molecule has 0 aliphatic rings. The maximum absolute atomic E-state index is 11.7. The summed E-state index contributed by atoms with van der Waals surface area (Å²) in [5, 5.41) is 14.4. The summed E-state index contributed by atoms with van der Waals surface area (Å²) in [6, 6.07) is -0.654. The van der Waals surface area contributed by atoms with Gasteiger partial charge in [-0.05, 0) is 11.8 Å². The molecule has 0 aromatic heterocycles. The van der Waals surface area contributed by atoms with Gasteiger partial charge in [0.05, 0.1) is 6.42 Å². The van der Waals surface area contributed by atoms with Gasteiger partial charge in [-0.25, -0.2) is 4.79 Å². The molecular formula is C14H28N2O3. The summed E-state index contributed by atoms with van der Waals surface area (Å²) in [5.41, 5.74) is -0.280. The Morgan fingerprint density at radius 2 is 1.79 bits per heavy atom. The maximum atomic E-state index is 11.7. The first kappa shape index (κ1) is 17.7. The monoisotopic (exact) mass is 272 g/mol. The van der Waals surface area contributed by atoms with Gasteiger partial charge in [0.2, 0.25) is 0 Å². The minimum atomic E-state index is -0.900.